The van der Waals surface area contributed by atoms with Crippen LogP contribution in [-0.2, 0) is 11.2 Å². The maximum atomic E-state index is 14.1. The van der Waals surface area contributed by atoms with Gasteiger partial charge in [0.15, 0.2) is 0 Å². The van der Waals surface area contributed by atoms with E-state index in [-0.39, 0.29) is 12.2 Å². The van der Waals surface area contributed by atoms with Crippen LogP contribution in [-0.4, -0.2) is 11.1 Å². The Morgan fingerprint density at radius 1 is 1.26 bits per heavy atom. The first-order chi connectivity index (χ1) is 9.16. The number of aryl methyl sites for hydroxylation is 1. The van der Waals surface area contributed by atoms with Crippen LogP contribution in [0.4, 0.5) is 4.39 Å². The number of carboxylic acid groups (broad SMARTS) is 1. The summed E-state index contributed by atoms with van der Waals surface area (Å²) in [6.45, 7) is 0. The van der Waals surface area contributed by atoms with Crippen molar-refractivity contribution < 1.29 is 14.3 Å². The second-order valence-corrected chi connectivity index (χ2v) is 5.44. The molecule has 104 valence electrons. The van der Waals surface area contributed by atoms with Crippen LogP contribution >= 0.6 is 0 Å². The summed E-state index contributed by atoms with van der Waals surface area (Å²) >= 11 is 0. The van der Waals surface area contributed by atoms with E-state index in [0.717, 1.165) is 24.0 Å². The molecule has 0 atom stereocenters. The molecule has 0 spiro atoms. The van der Waals surface area contributed by atoms with E-state index in [2.05, 4.69) is 0 Å². The molecule has 2 nitrogen and oxygen atoms in total. The van der Waals surface area contributed by atoms with Crippen LogP contribution in [0.5, 0.6) is 0 Å². The number of rotatable bonds is 5. The SMILES string of the molecule is O=C(O)CCCc1ccc(C2CCCCC2)c(F)c1. The van der Waals surface area contributed by atoms with Gasteiger partial charge in [-0.25, -0.2) is 4.39 Å². The van der Waals surface area contributed by atoms with Gasteiger partial charge in [0, 0.05) is 6.42 Å². The molecule has 1 N–H and O–H groups in total. The zero-order chi connectivity index (χ0) is 13.7. The van der Waals surface area contributed by atoms with E-state index in [1.165, 1.54) is 19.3 Å². The summed E-state index contributed by atoms with van der Waals surface area (Å²) in [4.78, 5) is 10.4. The topological polar surface area (TPSA) is 37.3 Å². The number of carbonyl (C=O) groups is 1. The quantitative estimate of drug-likeness (QED) is 0.861. The number of benzene rings is 1. The van der Waals surface area contributed by atoms with Gasteiger partial charge in [-0.1, -0.05) is 31.4 Å². The molecule has 0 bridgehead atoms. The van der Waals surface area contributed by atoms with Crippen molar-refractivity contribution in [2.45, 2.75) is 57.3 Å². The molecule has 1 aliphatic rings. The molecule has 19 heavy (non-hydrogen) atoms. The van der Waals surface area contributed by atoms with Crippen molar-refractivity contribution in [1.82, 2.24) is 0 Å². The summed E-state index contributed by atoms with van der Waals surface area (Å²) in [6.07, 6.45) is 7.20. The van der Waals surface area contributed by atoms with Crippen LogP contribution in [0.25, 0.3) is 0 Å². The molecule has 0 unspecified atom stereocenters. The van der Waals surface area contributed by atoms with Crippen LogP contribution in [0.1, 0.15) is 62.0 Å². The van der Waals surface area contributed by atoms with Gasteiger partial charge >= 0.3 is 5.97 Å². The zero-order valence-electron chi connectivity index (χ0n) is 11.2. The first-order valence-electron chi connectivity index (χ1n) is 7.17. The Hall–Kier alpha value is -1.38. The number of hydrogen-bond acceptors (Lipinski definition) is 1. The third-order valence-corrected chi connectivity index (χ3v) is 3.97. The molecule has 0 saturated heterocycles. The molecule has 1 aromatic rings. The zero-order valence-corrected chi connectivity index (χ0v) is 11.2. The van der Waals surface area contributed by atoms with Gasteiger partial charge in [0.1, 0.15) is 5.82 Å². The smallest absolute Gasteiger partial charge is 0.303 e. The lowest BCUT2D eigenvalue weighted by Crippen LogP contribution is -2.07. The first kappa shape index (κ1) is 14.0. The summed E-state index contributed by atoms with van der Waals surface area (Å²) in [5, 5.41) is 8.59. The van der Waals surface area contributed by atoms with Crippen molar-refractivity contribution in [3.05, 3.63) is 35.1 Å². The van der Waals surface area contributed by atoms with E-state index >= 15 is 0 Å². The lowest BCUT2D eigenvalue weighted by molar-refractivity contribution is -0.137. The van der Waals surface area contributed by atoms with Crippen LogP contribution < -0.4 is 0 Å². The molecule has 1 fully saturated rings. The molecular weight excluding hydrogens is 243 g/mol. The molecule has 1 aromatic carbocycles. The predicted molar refractivity (Wildman–Crippen MR) is 72.8 cm³/mol. The van der Waals surface area contributed by atoms with Crippen molar-refractivity contribution in [2.75, 3.05) is 0 Å². The lowest BCUT2D eigenvalue weighted by atomic mass is 9.83. The van der Waals surface area contributed by atoms with Crippen molar-refractivity contribution in [1.29, 1.82) is 0 Å². The highest BCUT2D eigenvalue weighted by molar-refractivity contribution is 5.66. The second kappa shape index (κ2) is 6.69. The van der Waals surface area contributed by atoms with Gasteiger partial charge in [-0.15, -0.1) is 0 Å². The molecule has 3 heteroatoms. The van der Waals surface area contributed by atoms with Gasteiger partial charge in [0.25, 0.3) is 0 Å². The molecule has 0 amide bonds. The van der Waals surface area contributed by atoms with E-state index in [1.54, 1.807) is 6.07 Å². The predicted octanol–water partition coefficient (Wildman–Crippen LogP) is 4.28. The first-order valence-corrected chi connectivity index (χ1v) is 7.17. The van der Waals surface area contributed by atoms with Crippen LogP contribution in [0, 0.1) is 5.82 Å². The van der Waals surface area contributed by atoms with E-state index in [4.69, 9.17) is 5.11 Å². The third kappa shape index (κ3) is 4.05. The van der Waals surface area contributed by atoms with Crippen LogP contribution in [0.3, 0.4) is 0 Å². The fourth-order valence-electron chi connectivity index (χ4n) is 2.91. The normalized spacial score (nSPS) is 16.5. The number of aliphatic carboxylic acids is 1. The summed E-state index contributed by atoms with van der Waals surface area (Å²) in [5.74, 6) is -0.527. The average Bonchev–Trinajstić information content (AvgIpc) is 2.39. The number of carboxylic acids is 1. The Balaban J connectivity index is 1.98. The minimum absolute atomic E-state index is 0.111. The van der Waals surface area contributed by atoms with Gasteiger partial charge < -0.3 is 5.11 Å². The fraction of sp³-hybridized carbons (Fsp3) is 0.562. The lowest BCUT2D eigenvalue weighted by Gasteiger charge is -2.22. The van der Waals surface area contributed by atoms with Crippen molar-refractivity contribution in [3.8, 4) is 0 Å². The molecule has 2 rings (SSSR count). The maximum Gasteiger partial charge on any atom is 0.303 e. The number of halogens is 1. The highest BCUT2D eigenvalue weighted by Gasteiger charge is 2.18. The Morgan fingerprint density at radius 2 is 2.00 bits per heavy atom. The highest BCUT2D eigenvalue weighted by Crippen LogP contribution is 2.34. The van der Waals surface area contributed by atoms with Crippen LogP contribution in [0.15, 0.2) is 18.2 Å². The molecule has 1 saturated carbocycles. The molecule has 0 aromatic heterocycles. The molecule has 0 aliphatic heterocycles. The summed E-state index contributed by atoms with van der Waals surface area (Å²) in [7, 11) is 0. The van der Waals surface area contributed by atoms with Gasteiger partial charge in [0.05, 0.1) is 0 Å². The molecule has 0 radical (unpaired) electrons. The molecule has 0 heterocycles. The van der Waals surface area contributed by atoms with E-state index in [1.807, 2.05) is 12.1 Å². The van der Waals surface area contributed by atoms with Gasteiger partial charge in [-0.2, -0.15) is 0 Å². The third-order valence-electron chi connectivity index (χ3n) is 3.97. The summed E-state index contributed by atoms with van der Waals surface area (Å²) in [5.41, 5.74) is 1.75. The molecule has 1 aliphatic carbocycles. The van der Waals surface area contributed by atoms with Crippen molar-refractivity contribution in [3.63, 3.8) is 0 Å². The van der Waals surface area contributed by atoms with E-state index in [0.29, 0.717) is 18.8 Å². The maximum absolute atomic E-state index is 14.1. The van der Waals surface area contributed by atoms with Gasteiger partial charge in [-0.3, -0.25) is 4.79 Å². The van der Waals surface area contributed by atoms with E-state index < -0.39 is 5.97 Å². The minimum Gasteiger partial charge on any atom is -0.481 e. The fourth-order valence-corrected chi connectivity index (χ4v) is 2.91. The Labute approximate surface area is 113 Å². The van der Waals surface area contributed by atoms with Crippen LogP contribution in [0.2, 0.25) is 0 Å². The highest BCUT2D eigenvalue weighted by atomic mass is 19.1. The summed E-state index contributed by atoms with van der Waals surface area (Å²) < 4.78 is 14.1. The minimum atomic E-state index is -0.792. The average molecular weight is 264 g/mol. The Kier molecular flexibility index (Phi) is 4.94. The van der Waals surface area contributed by atoms with Gasteiger partial charge in [-0.05, 0) is 48.8 Å². The Bertz CT molecular complexity index is 436. The van der Waals surface area contributed by atoms with Crippen molar-refractivity contribution in [2.24, 2.45) is 0 Å². The standard InChI is InChI=1S/C16H21FO2/c17-15-11-12(5-4-8-16(18)19)9-10-14(15)13-6-2-1-3-7-13/h9-11,13H,1-8H2,(H,18,19). The van der Waals surface area contributed by atoms with Crippen molar-refractivity contribution >= 4 is 5.97 Å². The summed E-state index contributed by atoms with van der Waals surface area (Å²) in [6, 6.07) is 5.45. The largest absolute Gasteiger partial charge is 0.481 e. The molecular formula is C16H21FO2. The second-order valence-electron chi connectivity index (χ2n) is 5.44. The Morgan fingerprint density at radius 3 is 2.63 bits per heavy atom. The number of hydrogen-bond donors (Lipinski definition) is 1. The van der Waals surface area contributed by atoms with E-state index in [9.17, 15) is 9.18 Å². The van der Waals surface area contributed by atoms with Gasteiger partial charge in [0.2, 0.25) is 0 Å². The monoisotopic (exact) mass is 264 g/mol.